The number of nitrogens with one attached hydrogen (secondary N) is 2. The second-order valence-electron chi connectivity index (χ2n) is 6.16. The minimum atomic E-state index is -0.0204. The molecular formula is C20H22N2O. The molecule has 0 aliphatic heterocycles. The first-order valence-electron chi connectivity index (χ1n) is 7.98. The van der Waals surface area contributed by atoms with Crippen molar-refractivity contribution in [1.82, 2.24) is 10.3 Å². The molecule has 1 aromatic heterocycles. The predicted octanol–water partition coefficient (Wildman–Crippen LogP) is 4.32. The zero-order valence-corrected chi connectivity index (χ0v) is 13.8. The Morgan fingerprint density at radius 2 is 1.87 bits per heavy atom. The van der Waals surface area contributed by atoms with Crippen LogP contribution in [0.4, 0.5) is 0 Å². The lowest BCUT2D eigenvalue weighted by Gasteiger charge is -2.13. The summed E-state index contributed by atoms with van der Waals surface area (Å²) in [6.07, 6.45) is 0. The maximum atomic E-state index is 12.4. The summed E-state index contributed by atoms with van der Waals surface area (Å²) < 4.78 is 0. The van der Waals surface area contributed by atoms with Crippen molar-refractivity contribution in [2.45, 2.75) is 26.7 Å². The molecule has 0 aliphatic carbocycles. The maximum Gasteiger partial charge on any atom is 0.251 e. The molecule has 1 unspecified atom stereocenters. The molecule has 23 heavy (non-hydrogen) atoms. The number of hydrogen-bond acceptors (Lipinski definition) is 1. The van der Waals surface area contributed by atoms with Crippen LogP contribution in [0.1, 0.15) is 40.0 Å². The first-order chi connectivity index (χ1) is 11.1. The Morgan fingerprint density at radius 1 is 1.13 bits per heavy atom. The summed E-state index contributed by atoms with van der Waals surface area (Å²) in [4.78, 5) is 15.8. The molecule has 0 aliphatic rings. The lowest BCUT2D eigenvalue weighted by molar-refractivity contribution is 0.0952. The minimum absolute atomic E-state index is 0.0204. The normalized spacial score (nSPS) is 12.3. The van der Waals surface area contributed by atoms with Gasteiger partial charge in [-0.25, -0.2) is 0 Å². The van der Waals surface area contributed by atoms with Crippen LogP contribution < -0.4 is 5.32 Å². The number of hydrogen-bond donors (Lipinski definition) is 2. The van der Waals surface area contributed by atoms with Crippen molar-refractivity contribution < 1.29 is 4.79 Å². The molecule has 0 saturated carbocycles. The quantitative estimate of drug-likeness (QED) is 0.741. The minimum Gasteiger partial charge on any atom is -0.358 e. The van der Waals surface area contributed by atoms with Gasteiger partial charge in [0.1, 0.15) is 0 Å². The van der Waals surface area contributed by atoms with Crippen LogP contribution in [0.5, 0.6) is 0 Å². The topological polar surface area (TPSA) is 44.9 Å². The Kier molecular flexibility index (Phi) is 4.20. The molecule has 1 atom stereocenters. The van der Waals surface area contributed by atoms with Gasteiger partial charge < -0.3 is 10.3 Å². The van der Waals surface area contributed by atoms with E-state index in [2.05, 4.69) is 43.2 Å². The molecule has 2 aromatic carbocycles. The number of benzene rings is 2. The fraction of sp³-hybridized carbons (Fsp3) is 0.250. The molecule has 118 valence electrons. The van der Waals surface area contributed by atoms with Gasteiger partial charge in [0.2, 0.25) is 0 Å². The number of fused-ring (bicyclic) bond motifs is 1. The average Bonchev–Trinajstić information content (AvgIpc) is 2.87. The molecule has 0 bridgehead atoms. The number of carbonyl (C=O) groups excluding carboxylic acids is 1. The van der Waals surface area contributed by atoms with E-state index in [0.717, 1.165) is 16.6 Å². The number of carbonyl (C=O) groups is 1. The van der Waals surface area contributed by atoms with E-state index in [1.807, 2.05) is 36.4 Å². The smallest absolute Gasteiger partial charge is 0.251 e. The van der Waals surface area contributed by atoms with Crippen LogP contribution >= 0.6 is 0 Å². The lowest BCUT2D eigenvalue weighted by atomic mass is 10.0. The number of H-pyrrole nitrogens is 1. The van der Waals surface area contributed by atoms with Gasteiger partial charge in [-0.15, -0.1) is 0 Å². The van der Waals surface area contributed by atoms with Crippen LogP contribution in [0.2, 0.25) is 0 Å². The van der Waals surface area contributed by atoms with E-state index < -0.39 is 0 Å². The van der Waals surface area contributed by atoms with Gasteiger partial charge in [-0.05, 0) is 49.1 Å². The van der Waals surface area contributed by atoms with Crippen molar-refractivity contribution in [2.75, 3.05) is 6.54 Å². The van der Waals surface area contributed by atoms with Crippen molar-refractivity contribution in [2.24, 2.45) is 0 Å². The molecule has 0 radical (unpaired) electrons. The van der Waals surface area contributed by atoms with Gasteiger partial charge in [0.25, 0.3) is 5.91 Å². The molecule has 0 saturated heterocycles. The van der Waals surface area contributed by atoms with Crippen LogP contribution in [-0.4, -0.2) is 17.4 Å². The van der Waals surface area contributed by atoms with E-state index in [1.54, 1.807) is 0 Å². The third kappa shape index (κ3) is 3.14. The van der Waals surface area contributed by atoms with E-state index in [9.17, 15) is 4.79 Å². The SMILES string of the molecule is Cc1[nH]c2ccc(C(=O)NCC(C)c3ccccc3)cc2c1C. The lowest BCUT2D eigenvalue weighted by Crippen LogP contribution is -2.27. The van der Waals surface area contributed by atoms with Gasteiger partial charge in [0.15, 0.2) is 0 Å². The Morgan fingerprint density at radius 3 is 2.61 bits per heavy atom. The molecule has 2 N–H and O–H groups in total. The van der Waals surface area contributed by atoms with Gasteiger partial charge in [-0.3, -0.25) is 4.79 Å². The second kappa shape index (κ2) is 6.29. The van der Waals surface area contributed by atoms with Crippen LogP contribution in [0.15, 0.2) is 48.5 Å². The van der Waals surface area contributed by atoms with E-state index in [0.29, 0.717) is 18.0 Å². The van der Waals surface area contributed by atoms with E-state index in [-0.39, 0.29) is 5.91 Å². The Bertz CT molecular complexity index is 833. The van der Waals surface area contributed by atoms with Gasteiger partial charge in [0, 0.05) is 28.7 Å². The van der Waals surface area contributed by atoms with Gasteiger partial charge in [0.05, 0.1) is 0 Å². The van der Waals surface area contributed by atoms with E-state index >= 15 is 0 Å². The fourth-order valence-electron chi connectivity index (χ4n) is 2.85. The van der Waals surface area contributed by atoms with Gasteiger partial charge >= 0.3 is 0 Å². The zero-order valence-electron chi connectivity index (χ0n) is 13.8. The molecule has 3 nitrogen and oxygen atoms in total. The summed E-state index contributed by atoms with van der Waals surface area (Å²) >= 11 is 0. The molecule has 3 heteroatoms. The van der Waals surface area contributed by atoms with Gasteiger partial charge in [-0.1, -0.05) is 37.3 Å². The highest BCUT2D eigenvalue weighted by Crippen LogP contribution is 2.22. The fourth-order valence-corrected chi connectivity index (χ4v) is 2.85. The predicted molar refractivity (Wildman–Crippen MR) is 95.0 cm³/mol. The Balaban J connectivity index is 1.72. The highest BCUT2D eigenvalue weighted by molar-refractivity contribution is 5.99. The van der Waals surface area contributed by atoms with Crippen molar-refractivity contribution in [3.63, 3.8) is 0 Å². The van der Waals surface area contributed by atoms with Crippen molar-refractivity contribution in [3.8, 4) is 0 Å². The third-order valence-corrected chi connectivity index (χ3v) is 4.51. The second-order valence-corrected chi connectivity index (χ2v) is 6.16. The number of aromatic amines is 1. The van der Waals surface area contributed by atoms with Gasteiger partial charge in [-0.2, -0.15) is 0 Å². The standard InChI is InChI=1S/C20H22N2O/c1-13(16-7-5-4-6-8-16)12-21-20(23)17-9-10-19-18(11-17)14(2)15(3)22-19/h4-11,13,22H,12H2,1-3H3,(H,21,23). The summed E-state index contributed by atoms with van der Waals surface area (Å²) in [5, 5.41) is 4.16. The van der Waals surface area contributed by atoms with Crippen LogP contribution in [0, 0.1) is 13.8 Å². The molecule has 3 aromatic rings. The summed E-state index contributed by atoms with van der Waals surface area (Å²) in [6.45, 7) is 6.88. The van der Waals surface area contributed by atoms with Crippen LogP contribution in [0.25, 0.3) is 10.9 Å². The number of aryl methyl sites for hydroxylation is 2. The van der Waals surface area contributed by atoms with Crippen molar-refractivity contribution in [1.29, 1.82) is 0 Å². The average molecular weight is 306 g/mol. The highest BCUT2D eigenvalue weighted by Gasteiger charge is 2.11. The summed E-state index contributed by atoms with van der Waals surface area (Å²) in [6, 6.07) is 16.1. The Hall–Kier alpha value is -2.55. The first-order valence-corrected chi connectivity index (χ1v) is 7.98. The van der Waals surface area contributed by atoms with E-state index in [4.69, 9.17) is 0 Å². The molecule has 0 fully saturated rings. The highest BCUT2D eigenvalue weighted by atomic mass is 16.1. The third-order valence-electron chi connectivity index (χ3n) is 4.51. The van der Waals surface area contributed by atoms with Crippen molar-refractivity contribution in [3.05, 3.63) is 70.9 Å². The van der Waals surface area contributed by atoms with Crippen molar-refractivity contribution >= 4 is 16.8 Å². The molecule has 0 spiro atoms. The number of rotatable bonds is 4. The largest absolute Gasteiger partial charge is 0.358 e. The summed E-state index contributed by atoms with van der Waals surface area (Å²) in [5.74, 6) is 0.271. The molecule has 1 amide bonds. The first kappa shape index (κ1) is 15.3. The maximum absolute atomic E-state index is 12.4. The van der Waals surface area contributed by atoms with E-state index in [1.165, 1.54) is 11.1 Å². The van der Waals surface area contributed by atoms with Crippen LogP contribution in [0.3, 0.4) is 0 Å². The molecule has 3 rings (SSSR count). The molecular weight excluding hydrogens is 284 g/mol. The summed E-state index contributed by atoms with van der Waals surface area (Å²) in [5.41, 5.74) is 5.37. The monoisotopic (exact) mass is 306 g/mol. The summed E-state index contributed by atoms with van der Waals surface area (Å²) in [7, 11) is 0. The molecule has 1 heterocycles. The zero-order chi connectivity index (χ0) is 16.4. The number of aromatic nitrogens is 1. The Labute approximate surface area is 136 Å². The van der Waals surface area contributed by atoms with Crippen LogP contribution in [-0.2, 0) is 0 Å². The number of amides is 1.